The predicted molar refractivity (Wildman–Crippen MR) is 113 cm³/mol. The molecule has 27 heavy (non-hydrogen) atoms. The number of carbonyl (C=O) groups excluding carboxylic acids is 1. The van der Waals surface area contributed by atoms with Crippen molar-refractivity contribution in [3.05, 3.63) is 65.2 Å². The van der Waals surface area contributed by atoms with Crippen molar-refractivity contribution in [1.29, 1.82) is 0 Å². The lowest BCUT2D eigenvalue weighted by Gasteiger charge is -2.30. The third kappa shape index (κ3) is 4.03. The molecule has 1 aromatic heterocycles. The van der Waals surface area contributed by atoms with Gasteiger partial charge in [-0.15, -0.1) is 11.3 Å². The van der Waals surface area contributed by atoms with Crippen LogP contribution in [0.5, 0.6) is 0 Å². The maximum absolute atomic E-state index is 12.8. The number of carbonyl (C=O) groups is 1. The normalized spacial score (nSPS) is 14.2. The van der Waals surface area contributed by atoms with Gasteiger partial charge in [0.25, 0.3) is 5.91 Å². The van der Waals surface area contributed by atoms with Crippen LogP contribution in [-0.2, 0) is 0 Å². The fourth-order valence-electron chi connectivity index (χ4n) is 3.44. The van der Waals surface area contributed by atoms with Crippen molar-refractivity contribution in [2.24, 2.45) is 0 Å². The Kier molecular flexibility index (Phi) is 5.21. The molecule has 4 rings (SSSR count). The number of anilines is 2. The summed E-state index contributed by atoms with van der Waals surface area (Å²) in [7, 11) is 0. The number of aryl methyl sites for hydroxylation is 1. The number of benzene rings is 2. The fraction of sp³-hybridized carbons (Fsp3) is 0.273. The number of nitrogens with zero attached hydrogens (tertiary/aromatic N) is 2. The van der Waals surface area contributed by atoms with Crippen LogP contribution in [0.1, 0.15) is 35.3 Å². The van der Waals surface area contributed by atoms with Crippen LogP contribution in [0, 0.1) is 6.92 Å². The summed E-state index contributed by atoms with van der Waals surface area (Å²) >= 11 is 1.62. The molecular weight excluding hydrogens is 354 g/mol. The Morgan fingerprint density at radius 3 is 2.48 bits per heavy atom. The van der Waals surface area contributed by atoms with E-state index in [0.29, 0.717) is 5.56 Å². The van der Waals surface area contributed by atoms with Crippen LogP contribution < -0.4 is 10.2 Å². The molecule has 3 aromatic rings. The number of nitrogens with one attached hydrogen (secondary N) is 1. The molecule has 2 heterocycles. The number of piperidine rings is 1. The van der Waals surface area contributed by atoms with Gasteiger partial charge in [0.15, 0.2) is 0 Å². The first kappa shape index (κ1) is 17.7. The molecule has 1 fully saturated rings. The second-order valence-corrected chi connectivity index (χ2v) is 7.75. The Morgan fingerprint density at radius 1 is 1.04 bits per heavy atom. The minimum absolute atomic E-state index is 0.0821. The van der Waals surface area contributed by atoms with Crippen molar-refractivity contribution in [1.82, 2.24) is 4.98 Å². The van der Waals surface area contributed by atoms with E-state index in [1.54, 1.807) is 11.3 Å². The zero-order valence-electron chi connectivity index (χ0n) is 15.4. The number of para-hydroxylation sites is 2. The van der Waals surface area contributed by atoms with Crippen LogP contribution in [0.4, 0.5) is 11.4 Å². The second-order valence-electron chi connectivity index (χ2n) is 6.89. The van der Waals surface area contributed by atoms with Gasteiger partial charge in [-0.3, -0.25) is 4.79 Å². The molecule has 1 N–H and O–H groups in total. The van der Waals surface area contributed by atoms with Gasteiger partial charge in [-0.05, 0) is 50.5 Å². The van der Waals surface area contributed by atoms with Gasteiger partial charge in [0.1, 0.15) is 5.01 Å². The van der Waals surface area contributed by atoms with Crippen molar-refractivity contribution < 1.29 is 4.79 Å². The molecule has 1 amide bonds. The highest BCUT2D eigenvalue weighted by Gasteiger charge is 2.16. The molecule has 2 aromatic carbocycles. The summed E-state index contributed by atoms with van der Waals surface area (Å²) in [5, 5.41) is 6.11. The lowest BCUT2D eigenvalue weighted by atomic mass is 10.1. The van der Waals surface area contributed by atoms with Crippen molar-refractivity contribution >= 4 is 28.6 Å². The minimum Gasteiger partial charge on any atom is -0.370 e. The van der Waals surface area contributed by atoms with E-state index in [2.05, 4.69) is 21.3 Å². The van der Waals surface area contributed by atoms with E-state index in [1.807, 2.05) is 54.8 Å². The van der Waals surface area contributed by atoms with Crippen LogP contribution in [-0.4, -0.2) is 24.0 Å². The smallest absolute Gasteiger partial charge is 0.255 e. The molecule has 0 radical (unpaired) electrons. The summed E-state index contributed by atoms with van der Waals surface area (Å²) in [5.74, 6) is -0.0821. The first-order valence-electron chi connectivity index (χ1n) is 9.38. The molecule has 0 aliphatic carbocycles. The number of hydrogen-bond acceptors (Lipinski definition) is 4. The SMILES string of the molecule is Cc1csc(-c2ccc(C(=O)Nc3ccccc3N3CCCCC3)cc2)n1. The largest absolute Gasteiger partial charge is 0.370 e. The van der Waals surface area contributed by atoms with Crippen molar-refractivity contribution in [3.8, 4) is 10.6 Å². The van der Waals surface area contributed by atoms with Gasteiger partial charge in [0, 0.05) is 35.3 Å². The number of rotatable bonds is 4. The van der Waals surface area contributed by atoms with E-state index in [0.717, 1.165) is 40.7 Å². The monoisotopic (exact) mass is 377 g/mol. The predicted octanol–water partition coefficient (Wildman–Crippen LogP) is 5.36. The molecule has 0 atom stereocenters. The zero-order chi connectivity index (χ0) is 18.6. The first-order chi connectivity index (χ1) is 13.2. The standard InChI is InChI=1S/C22H23N3OS/c1-16-15-27-22(23-16)18-11-9-17(10-12-18)21(26)24-19-7-3-4-8-20(19)25-13-5-2-6-14-25/h3-4,7-12,15H,2,5-6,13-14H2,1H3,(H,24,26). The average molecular weight is 378 g/mol. The van der Waals surface area contributed by atoms with Crippen molar-refractivity contribution in [2.45, 2.75) is 26.2 Å². The highest BCUT2D eigenvalue weighted by molar-refractivity contribution is 7.13. The third-order valence-electron chi connectivity index (χ3n) is 4.86. The Bertz CT molecular complexity index is 927. The van der Waals surface area contributed by atoms with E-state index in [9.17, 15) is 4.79 Å². The molecule has 1 saturated heterocycles. The third-order valence-corrected chi connectivity index (χ3v) is 5.87. The summed E-state index contributed by atoms with van der Waals surface area (Å²) in [4.78, 5) is 19.6. The van der Waals surface area contributed by atoms with Gasteiger partial charge in [0.2, 0.25) is 0 Å². The van der Waals surface area contributed by atoms with Gasteiger partial charge in [-0.2, -0.15) is 0 Å². The van der Waals surface area contributed by atoms with E-state index in [4.69, 9.17) is 0 Å². The molecule has 1 aliphatic rings. The Labute approximate surface area is 163 Å². The molecule has 0 bridgehead atoms. The quantitative estimate of drug-likeness (QED) is 0.665. The minimum atomic E-state index is -0.0821. The van der Waals surface area contributed by atoms with Crippen molar-refractivity contribution in [3.63, 3.8) is 0 Å². The zero-order valence-corrected chi connectivity index (χ0v) is 16.3. The van der Waals surface area contributed by atoms with Crippen LogP contribution >= 0.6 is 11.3 Å². The van der Waals surface area contributed by atoms with E-state index in [1.165, 1.54) is 19.3 Å². The lowest BCUT2D eigenvalue weighted by molar-refractivity contribution is 0.102. The number of thiazole rings is 1. The van der Waals surface area contributed by atoms with Crippen LogP contribution in [0.25, 0.3) is 10.6 Å². The Morgan fingerprint density at radius 2 is 1.78 bits per heavy atom. The molecule has 4 nitrogen and oxygen atoms in total. The molecule has 138 valence electrons. The van der Waals surface area contributed by atoms with Gasteiger partial charge >= 0.3 is 0 Å². The molecule has 1 aliphatic heterocycles. The van der Waals surface area contributed by atoms with Crippen molar-refractivity contribution in [2.75, 3.05) is 23.3 Å². The Balaban J connectivity index is 1.51. The topological polar surface area (TPSA) is 45.2 Å². The molecule has 0 saturated carbocycles. The summed E-state index contributed by atoms with van der Waals surface area (Å²) < 4.78 is 0. The number of amides is 1. The van der Waals surface area contributed by atoms with Gasteiger partial charge in [0.05, 0.1) is 11.4 Å². The Hall–Kier alpha value is -2.66. The van der Waals surface area contributed by atoms with Crippen LogP contribution in [0.2, 0.25) is 0 Å². The van der Waals surface area contributed by atoms with E-state index < -0.39 is 0 Å². The van der Waals surface area contributed by atoms with Gasteiger partial charge in [-0.25, -0.2) is 4.98 Å². The maximum Gasteiger partial charge on any atom is 0.255 e. The van der Waals surface area contributed by atoms with Crippen LogP contribution in [0.3, 0.4) is 0 Å². The lowest BCUT2D eigenvalue weighted by Crippen LogP contribution is -2.30. The molecule has 5 heteroatoms. The first-order valence-corrected chi connectivity index (χ1v) is 10.3. The van der Waals surface area contributed by atoms with Crippen LogP contribution in [0.15, 0.2) is 53.9 Å². The van der Waals surface area contributed by atoms with E-state index in [-0.39, 0.29) is 5.91 Å². The summed E-state index contributed by atoms with van der Waals surface area (Å²) in [6, 6.07) is 15.7. The fourth-order valence-corrected chi connectivity index (χ4v) is 4.24. The number of aromatic nitrogens is 1. The second kappa shape index (κ2) is 7.92. The van der Waals surface area contributed by atoms with E-state index >= 15 is 0 Å². The maximum atomic E-state index is 12.8. The highest BCUT2D eigenvalue weighted by Crippen LogP contribution is 2.29. The number of hydrogen-bond donors (Lipinski definition) is 1. The highest BCUT2D eigenvalue weighted by atomic mass is 32.1. The van der Waals surface area contributed by atoms with Gasteiger partial charge in [-0.1, -0.05) is 24.3 Å². The summed E-state index contributed by atoms with van der Waals surface area (Å²) in [5.41, 5.74) is 4.70. The summed E-state index contributed by atoms with van der Waals surface area (Å²) in [6.07, 6.45) is 3.70. The molecular formula is C22H23N3OS. The summed E-state index contributed by atoms with van der Waals surface area (Å²) in [6.45, 7) is 4.09. The molecule has 0 unspecified atom stereocenters. The average Bonchev–Trinajstić information content (AvgIpc) is 3.15. The molecule has 0 spiro atoms. The van der Waals surface area contributed by atoms with Gasteiger partial charge < -0.3 is 10.2 Å².